The van der Waals surface area contributed by atoms with Gasteiger partial charge in [0.05, 0.1) is 0 Å². The van der Waals surface area contributed by atoms with E-state index in [0.29, 0.717) is 6.04 Å². The van der Waals surface area contributed by atoms with Gasteiger partial charge in [-0.15, -0.1) is 0 Å². The highest BCUT2D eigenvalue weighted by Gasteiger charge is 2.14. The summed E-state index contributed by atoms with van der Waals surface area (Å²) in [5.74, 6) is 0. The number of aromatic nitrogens is 1. The van der Waals surface area contributed by atoms with Crippen LogP contribution in [0.2, 0.25) is 0 Å². The third-order valence-corrected chi connectivity index (χ3v) is 3.46. The summed E-state index contributed by atoms with van der Waals surface area (Å²) in [6, 6.07) is 9.68. The Morgan fingerprint density at radius 3 is 3.06 bits per heavy atom. The van der Waals surface area contributed by atoms with Crippen molar-refractivity contribution in [2.75, 3.05) is 6.54 Å². The molecule has 1 fully saturated rings. The lowest BCUT2D eigenvalue weighted by Gasteiger charge is -2.09. The van der Waals surface area contributed by atoms with Gasteiger partial charge in [0.15, 0.2) is 0 Å². The molecule has 2 heterocycles. The van der Waals surface area contributed by atoms with Crippen LogP contribution in [0, 0.1) is 6.92 Å². The molecule has 2 aromatic rings. The lowest BCUT2D eigenvalue weighted by Crippen LogP contribution is -2.23. The molecule has 0 radical (unpaired) electrons. The first-order valence-corrected chi connectivity index (χ1v) is 6.13. The van der Waals surface area contributed by atoms with Crippen LogP contribution >= 0.6 is 0 Å². The van der Waals surface area contributed by atoms with Crippen molar-refractivity contribution in [1.82, 2.24) is 10.3 Å². The zero-order valence-corrected chi connectivity index (χ0v) is 9.72. The summed E-state index contributed by atoms with van der Waals surface area (Å²) < 4.78 is 0. The number of rotatable bonds is 2. The molecule has 1 aliphatic rings. The van der Waals surface area contributed by atoms with Crippen molar-refractivity contribution in [1.29, 1.82) is 0 Å². The Labute approximate surface area is 96.1 Å². The third kappa shape index (κ3) is 1.85. The lowest BCUT2D eigenvalue weighted by molar-refractivity contribution is 0.603. The number of benzene rings is 1. The number of hydrogen-bond donors (Lipinski definition) is 2. The van der Waals surface area contributed by atoms with E-state index in [4.69, 9.17) is 0 Å². The standard InChI is InChI=1S/C14H18N2/c1-10-7-12-8-11(4-5-14(12)16-10)9-13-3-2-6-15-13/h4-5,7-8,13,15-16H,2-3,6,9H2,1H3. The van der Waals surface area contributed by atoms with Gasteiger partial charge in [-0.3, -0.25) is 0 Å². The van der Waals surface area contributed by atoms with Crippen molar-refractivity contribution in [3.8, 4) is 0 Å². The predicted molar refractivity (Wildman–Crippen MR) is 67.8 cm³/mol. The highest BCUT2D eigenvalue weighted by Crippen LogP contribution is 2.19. The van der Waals surface area contributed by atoms with Crippen LogP contribution in [-0.2, 0) is 6.42 Å². The molecule has 1 unspecified atom stereocenters. The smallest absolute Gasteiger partial charge is 0.0456 e. The second-order valence-corrected chi connectivity index (χ2v) is 4.87. The van der Waals surface area contributed by atoms with E-state index in [1.807, 2.05) is 0 Å². The number of aryl methyl sites for hydroxylation is 1. The summed E-state index contributed by atoms with van der Waals surface area (Å²) in [6.45, 7) is 3.30. The van der Waals surface area contributed by atoms with Crippen molar-refractivity contribution in [2.45, 2.75) is 32.2 Å². The molecule has 2 heteroatoms. The molecule has 1 aromatic carbocycles. The minimum absolute atomic E-state index is 0.692. The van der Waals surface area contributed by atoms with Crippen molar-refractivity contribution in [3.63, 3.8) is 0 Å². The Balaban J connectivity index is 1.86. The van der Waals surface area contributed by atoms with Crippen LogP contribution in [0.25, 0.3) is 10.9 Å². The molecule has 1 atom stereocenters. The molecule has 0 amide bonds. The molecular formula is C14H18N2. The number of hydrogen-bond acceptors (Lipinski definition) is 1. The number of fused-ring (bicyclic) bond motifs is 1. The Bertz CT molecular complexity index is 492. The monoisotopic (exact) mass is 214 g/mol. The van der Waals surface area contributed by atoms with E-state index in [0.717, 1.165) is 0 Å². The van der Waals surface area contributed by atoms with Crippen LogP contribution in [0.5, 0.6) is 0 Å². The van der Waals surface area contributed by atoms with Gasteiger partial charge in [0, 0.05) is 17.3 Å². The predicted octanol–water partition coefficient (Wildman–Crippen LogP) is 2.77. The minimum atomic E-state index is 0.692. The molecule has 0 bridgehead atoms. The fourth-order valence-corrected chi connectivity index (χ4v) is 2.67. The molecule has 2 N–H and O–H groups in total. The van der Waals surface area contributed by atoms with Crippen molar-refractivity contribution in [2.24, 2.45) is 0 Å². The summed E-state index contributed by atoms with van der Waals surface area (Å²) in [4.78, 5) is 3.36. The Hall–Kier alpha value is -1.28. The lowest BCUT2D eigenvalue weighted by atomic mass is 10.0. The molecule has 0 saturated carbocycles. The largest absolute Gasteiger partial charge is 0.359 e. The van der Waals surface area contributed by atoms with Crippen LogP contribution in [0.15, 0.2) is 24.3 Å². The van der Waals surface area contributed by atoms with Crippen molar-refractivity contribution in [3.05, 3.63) is 35.5 Å². The van der Waals surface area contributed by atoms with Crippen LogP contribution in [-0.4, -0.2) is 17.6 Å². The van der Waals surface area contributed by atoms with Gasteiger partial charge >= 0.3 is 0 Å². The maximum atomic E-state index is 3.55. The molecule has 1 aliphatic heterocycles. The van der Waals surface area contributed by atoms with Crippen LogP contribution in [0.3, 0.4) is 0 Å². The first kappa shape index (κ1) is 9.91. The summed E-state index contributed by atoms with van der Waals surface area (Å²) in [5.41, 5.74) is 3.94. The Kier molecular flexibility index (Phi) is 2.44. The van der Waals surface area contributed by atoms with E-state index in [-0.39, 0.29) is 0 Å². The first-order chi connectivity index (χ1) is 7.81. The quantitative estimate of drug-likeness (QED) is 0.790. The molecule has 0 spiro atoms. The van der Waals surface area contributed by atoms with E-state index < -0.39 is 0 Å². The zero-order chi connectivity index (χ0) is 11.0. The van der Waals surface area contributed by atoms with Crippen LogP contribution in [0.4, 0.5) is 0 Å². The second-order valence-electron chi connectivity index (χ2n) is 4.87. The fraction of sp³-hybridized carbons (Fsp3) is 0.429. The van der Waals surface area contributed by atoms with E-state index >= 15 is 0 Å². The van der Waals surface area contributed by atoms with E-state index in [1.165, 1.54) is 48.0 Å². The van der Waals surface area contributed by atoms with E-state index in [2.05, 4.69) is 41.5 Å². The summed E-state index contributed by atoms with van der Waals surface area (Å²) >= 11 is 0. The molecule has 16 heavy (non-hydrogen) atoms. The molecule has 1 saturated heterocycles. The van der Waals surface area contributed by atoms with Crippen molar-refractivity contribution >= 4 is 10.9 Å². The normalized spacial score (nSPS) is 20.7. The molecular weight excluding hydrogens is 196 g/mol. The molecule has 3 rings (SSSR count). The fourth-order valence-electron chi connectivity index (χ4n) is 2.67. The maximum Gasteiger partial charge on any atom is 0.0456 e. The summed E-state index contributed by atoms with van der Waals surface area (Å²) in [5, 5.41) is 4.89. The molecule has 0 aliphatic carbocycles. The number of nitrogens with one attached hydrogen (secondary N) is 2. The third-order valence-electron chi connectivity index (χ3n) is 3.46. The van der Waals surface area contributed by atoms with Gasteiger partial charge in [0.25, 0.3) is 0 Å². The van der Waals surface area contributed by atoms with Gasteiger partial charge in [0.2, 0.25) is 0 Å². The van der Waals surface area contributed by atoms with Gasteiger partial charge < -0.3 is 10.3 Å². The van der Waals surface area contributed by atoms with Gasteiger partial charge in [-0.05, 0) is 61.9 Å². The van der Waals surface area contributed by atoms with Crippen LogP contribution in [0.1, 0.15) is 24.1 Å². The van der Waals surface area contributed by atoms with E-state index in [9.17, 15) is 0 Å². The van der Waals surface area contributed by atoms with Gasteiger partial charge in [-0.1, -0.05) is 6.07 Å². The number of H-pyrrole nitrogens is 1. The second kappa shape index (κ2) is 3.95. The summed E-state index contributed by atoms with van der Waals surface area (Å²) in [7, 11) is 0. The average molecular weight is 214 g/mol. The van der Waals surface area contributed by atoms with E-state index in [1.54, 1.807) is 0 Å². The highest BCUT2D eigenvalue weighted by atomic mass is 14.9. The Morgan fingerprint density at radius 2 is 2.25 bits per heavy atom. The van der Waals surface area contributed by atoms with Crippen LogP contribution < -0.4 is 5.32 Å². The minimum Gasteiger partial charge on any atom is -0.359 e. The average Bonchev–Trinajstić information content (AvgIpc) is 2.85. The maximum absolute atomic E-state index is 3.55. The first-order valence-electron chi connectivity index (χ1n) is 6.13. The zero-order valence-electron chi connectivity index (χ0n) is 9.72. The molecule has 84 valence electrons. The van der Waals surface area contributed by atoms with Gasteiger partial charge in [0.1, 0.15) is 0 Å². The van der Waals surface area contributed by atoms with Gasteiger partial charge in [-0.25, -0.2) is 0 Å². The number of aromatic amines is 1. The highest BCUT2D eigenvalue weighted by molar-refractivity contribution is 5.81. The Morgan fingerprint density at radius 1 is 1.31 bits per heavy atom. The van der Waals surface area contributed by atoms with Crippen molar-refractivity contribution < 1.29 is 0 Å². The van der Waals surface area contributed by atoms with Gasteiger partial charge in [-0.2, -0.15) is 0 Å². The molecule has 1 aromatic heterocycles. The topological polar surface area (TPSA) is 27.8 Å². The molecule has 2 nitrogen and oxygen atoms in total. The SMILES string of the molecule is Cc1cc2cc(CC3CCCN3)ccc2[nH]1. The summed E-state index contributed by atoms with van der Waals surface area (Å²) in [6.07, 6.45) is 3.82.